The third-order valence-corrected chi connectivity index (χ3v) is 5.95. The second kappa shape index (κ2) is 6.07. The molecule has 5 N–H and O–H groups in total. The summed E-state index contributed by atoms with van der Waals surface area (Å²) in [6, 6.07) is 0. The average molecular weight is 330 g/mol. The molecule has 0 spiro atoms. The zero-order valence-electron chi connectivity index (χ0n) is 13.4. The first-order valence-corrected chi connectivity index (χ1v) is 8.08. The van der Waals surface area contributed by atoms with Gasteiger partial charge in [-0.05, 0) is 19.3 Å². The largest absolute Gasteiger partial charge is 0.396 e. The van der Waals surface area contributed by atoms with Crippen LogP contribution in [0.2, 0.25) is 0 Å². The molecule has 9 atom stereocenters. The number of hydrogen-bond donors (Lipinski definition) is 5. The summed E-state index contributed by atoms with van der Waals surface area (Å²) in [6.07, 6.45) is -3.61. The highest BCUT2D eigenvalue weighted by Crippen LogP contribution is 2.60. The number of fused-ring (bicyclic) bond motifs is 1. The fourth-order valence-corrected chi connectivity index (χ4v) is 4.44. The molecule has 0 aromatic carbocycles. The third-order valence-electron chi connectivity index (χ3n) is 5.95. The Hall–Kier alpha value is -0.540. The van der Waals surface area contributed by atoms with Crippen molar-refractivity contribution in [1.29, 1.82) is 0 Å². The van der Waals surface area contributed by atoms with E-state index in [0.717, 1.165) is 12.0 Å². The fourth-order valence-electron chi connectivity index (χ4n) is 4.44. The highest BCUT2D eigenvalue weighted by atomic mass is 16.7. The van der Waals surface area contributed by atoms with Gasteiger partial charge in [0.15, 0.2) is 6.29 Å². The lowest BCUT2D eigenvalue weighted by Crippen LogP contribution is -2.67. The van der Waals surface area contributed by atoms with Gasteiger partial charge in [0.1, 0.15) is 24.4 Å². The van der Waals surface area contributed by atoms with Gasteiger partial charge in [0.2, 0.25) is 0 Å². The molecule has 1 aliphatic heterocycles. The van der Waals surface area contributed by atoms with Crippen molar-refractivity contribution in [2.75, 3.05) is 13.2 Å². The molecule has 7 heteroatoms. The molecule has 3 aliphatic carbocycles. The van der Waals surface area contributed by atoms with E-state index in [2.05, 4.69) is 6.08 Å². The number of aliphatic hydroxyl groups excluding tert-OH is 5. The van der Waals surface area contributed by atoms with E-state index >= 15 is 0 Å². The molecule has 4 aliphatic rings. The van der Waals surface area contributed by atoms with Gasteiger partial charge in [-0.1, -0.05) is 18.6 Å². The molecule has 0 aromatic rings. The number of allylic oxidation sites excluding steroid dienone is 1. The van der Waals surface area contributed by atoms with E-state index in [1.165, 1.54) is 0 Å². The summed E-state index contributed by atoms with van der Waals surface area (Å²) in [6.45, 7) is 3.60. The first-order valence-electron chi connectivity index (χ1n) is 8.08. The lowest BCUT2D eigenvalue weighted by molar-refractivity contribution is -0.342. The summed E-state index contributed by atoms with van der Waals surface area (Å²) >= 11 is 0. The Morgan fingerprint density at radius 2 is 1.91 bits per heavy atom. The second-order valence-corrected chi connectivity index (χ2v) is 7.23. The van der Waals surface area contributed by atoms with Crippen molar-refractivity contribution in [2.45, 2.75) is 57.1 Å². The molecule has 0 amide bonds. The molecule has 2 bridgehead atoms. The van der Waals surface area contributed by atoms with E-state index in [9.17, 15) is 25.5 Å². The third kappa shape index (κ3) is 2.46. The van der Waals surface area contributed by atoms with Crippen LogP contribution < -0.4 is 0 Å². The van der Waals surface area contributed by atoms with E-state index in [0.29, 0.717) is 0 Å². The molecule has 1 saturated carbocycles. The van der Waals surface area contributed by atoms with Crippen LogP contribution in [0.3, 0.4) is 0 Å². The predicted molar refractivity (Wildman–Crippen MR) is 79.2 cm³/mol. The number of hydrogen-bond acceptors (Lipinski definition) is 7. The van der Waals surface area contributed by atoms with E-state index < -0.39 is 37.3 Å². The Morgan fingerprint density at radius 3 is 2.48 bits per heavy atom. The number of ether oxygens (including phenoxy) is 2. The monoisotopic (exact) mass is 330 g/mol. The van der Waals surface area contributed by atoms with Crippen molar-refractivity contribution in [3.63, 3.8) is 0 Å². The van der Waals surface area contributed by atoms with Gasteiger partial charge in [0.05, 0.1) is 12.7 Å². The van der Waals surface area contributed by atoms with Crippen LogP contribution in [0.5, 0.6) is 0 Å². The zero-order chi connectivity index (χ0) is 16.9. The van der Waals surface area contributed by atoms with Crippen LogP contribution in [0.4, 0.5) is 0 Å². The van der Waals surface area contributed by atoms with Crippen LogP contribution in [-0.4, -0.2) is 75.6 Å². The van der Waals surface area contributed by atoms with Crippen molar-refractivity contribution >= 4 is 0 Å². The van der Waals surface area contributed by atoms with Crippen LogP contribution in [-0.2, 0) is 9.47 Å². The lowest BCUT2D eigenvalue weighted by atomic mass is 9.46. The summed E-state index contributed by atoms with van der Waals surface area (Å²) in [5, 5.41) is 48.7. The standard InChI is InChI=1S/C16H26O7/c1-7-3-4-8-14(10(7)16(8,2)6-18)23-15-13(21)12(20)11(19)9(5-17)22-15/h3,8-15,17-21H,4-6H2,1-2H3. The fraction of sp³-hybridized carbons (Fsp3) is 0.875. The van der Waals surface area contributed by atoms with Crippen LogP contribution >= 0.6 is 0 Å². The SMILES string of the molecule is CC1=CCC2C(OC3OC(CO)C(O)C(O)C3O)C1C2(C)CO. The Labute approximate surface area is 135 Å². The van der Waals surface area contributed by atoms with Gasteiger partial charge in [0.25, 0.3) is 0 Å². The molecular formula is C16H26O7. The molecule has 0 radical (unpaired) electrons. The molecule has 4 rings (SSSR count). The Morgan fingerprint density at radius 1 is 1.22 bits per heavy atom. The maximum absolute atomic E-state index is 10.1. The normalized spacial score (nSPS) is 52.7. The summed E-state index contributed by atoms with van der Waals surface area (Å²) in [4.78, 5) is 0. The number of rotatable bonds is 4. The minimum atomic E-state index is -1.44. The van der Waals surface area contributed by atoms with Crippen molar-refractivity contribution in [1.82, 2.24) is 0 Å². The highest BCUT2D eigenvalue weighted by molar-refractivity contribution is 5.26. The molecule has 23 heavy (non-hydrogen) atoms. The number of aliphatic hydroxyl groups is 5. The van der Waals surface area contributed by atoms with Crippen molar-refractivity contribution in [2.24, 2.45) is 17.3 Å². The van der Waals surface area contributed by atoms with Gasteiger partial charge < -0.3 is 35.0 Å². The van der Waals surface area contributed by atoms with E-state index in [4.69, 9.17) is 9.47 Å². The minimum absolute atomic E-state index is 0.0265. The van der Waals surface area contributed by atoms with Gasteiger partial charge in [-0.3, -0.25) is 0 Å². The molecule has 2 fully saturated rings. The highest BCUT2D eigenvalue weighted by Gasteiger charge is 2.62. The first kappa shape index (κ1) is 17.3. The van der Waals surface area contributed by atoms with Gasteiger partial charge in [0, 0.05) is 17.9 Å². The quantitative estimate of drug-likeness (QED) is 0.409. The average Bonchev–Trinajstić information content (AvgIpc) is 2.54. The summed E-state index contributed by atoms with van der Waals surface area (Å²) < 4.78 is 11.3. The summed E-state index contributed by atoms with van der Waals surface area (Å²) in [5.41, 5.74) is 0.885. The van der Waals surface area contributed by atoms with Gasteiger partial charge in [-0.2, -0.15) is 0 Å². The smallest absolute Gasteiger partial charge is 0.187 e. The van der Waals surface area contributed by atoms with E-state index in [-0.39, 0.29) is 30.0 Å². The van der Waals surface area contributed by atoms with Gasteiger partial charge >= 0.3 is 0 Å². The molecular weight excluding hydrogens is 304 g/mol. The molecule has 1 saturated heterocycles. The molecule has 0 aromatic heterocycles. The second-order valence-electron chi connectivity index (χ2n) is 7.23. The van der Waals surface area contributed by atoms with Crippen molar-refractivity contribution in [3.8, 4) is 0 Å². The molecule has 7 nitrogen and oxygen atoms in total. The Bertz CT molecular complexity index is 479. The molecule has 1 heterocycles. The van der Waals surface area contributed by atoms with Crippen LogP contribution in [0.15, 0.2) is 11.6 Å². The maximum Gasteiger partial charge on any atom is 0.187 e. The zero-order valence-corrected chi connectivity index (χ0v) is 13.4. The first-order chi connectivity index (χ1) is 10.8. The molecule has 132 valence electrons. The van der Waals surface area contributed by atoms with Crippen molar-refractivity contribution in [3.05, 3.63) is 11.6 Å². The topological polar surface area (TPSA) is 120 Å². The van der Waals surface area contributed by atoms with Crippen LogP contribution in [0.1, 0.15) is 20.3 Å². The van der Waals surface area contributed by atoms with Crippen LogP contribution in [0.25, 0.3) is 0 Å². The lowest BCUT2D eigenvalue weighted by Gasteiger charge is -2.62. The van der Waals surface area contributed by atoms with E-state index in [1.807, 2.05) is 13.8 Å². The summed E-state index contributed by atoms with van der Waals surface area (Å²) in [7, 11) is 0. The maximum atomic E-state index is 10.1. The predicted octanol–water partition coefficient (Wildman–Crippen LogP) is -1.23. The van der Waals surface area contributed by atoms with E-state index in [1.54, 1.807) is 0 Å². The van der Waals surface area contributed by atoms with Crippen LogP contribution in [0, 0.1) is 17.3 Å². The molecule has 9 unspecified atom stereocenters. The minimum Gasteiger partial charge on any atom is -0.396 e. The Kier molecular flexibility index (Phi) is 4.57. The summed E-state index contributed by atoms with van der Waals surface area (Å²) in [5.74, 6) is 0.132. The van der Waals surface area contributed by atoms with Gasteiger partial charge in [-0.15, -0.1) is 0 Å². The van der Waals surface area contributed by atoms with Gasteiger partial charge in [-0.25, -0.2) is 0 Å². The Balaban J connectivity index is 1.74. The van der Waals surface area contributed by atoms with Crippen molar-refractivity contribution < 1.29 is 35.0 Å².